The number of para-hydroxylation sites is 2. The fraction of sp³-hybridized carbons (Fsp3) is 0.417. The van der Waals surface area contributed by atoms with Crippen molar-refractivity contribution in [3.63, 3.8) is 0 Å². The van der Waals surface area contributed by atoms with Gasteiger partial charge >= 0.3 is 6.03 Å². The Kier molecular flexibility index (Phi) is 5.93. The molecule has 2 aromatic carbocycles. The third kappa shape index (κ3) is 4.27. The molecule has 1 fully saturated rings. The molecule has 4 rings (SSSR count). The number of nitrogens with zero attached hydrogens (tertiary/aromatic N) is 2. The number of nitrogens with one attached hydrogen (secondary N) is 1. The summed E-state index contributed by atoms with van der Waals surface area (Å²) >= 11 is 0. The van der Waals surface area contributed by atoms with Crippen molar-refractivity contribution in [2.45, 2.75) is 32.6 Å². The zero-order valence-corrected chi connectivity index (χ0v) is 17.6. The van der Waals surface area contributed by atoms with Crippen molar-refractivity contribution >= 4 is 23.3 Å². The number of amides is 3. The quantitative estimate of drug-likeness (QED) is 0.816. The van der Waals surface area contributed by atoms with Crippen molar-refractivity contribution in [3.05, 3.63) is 54.1 Å². The van der Waals surface area contributed by atoms with Crippen LogP contribution in [0.15, 0.2) is 48.5 Å². The van der Waals surface area contributed by atoms with Crippen LogP contribution in [0.1, 0.15) is 38.2 Å². The topological polar surface area (TPSA) is 61.9 Å². The molecule has 6 nitrogen and oxygen atoms in total. The summed E-state index contributed by atoms with van der Waals surface area (Å²) < 4.78 is 5.65. The molecule has 2 aliphatic heterocycles. The number of hydrogen-bond acceptors (Lipinski definition) is 3. The maximum atomic E-state index is 13.1. The Morgan fingerprint density at radius 3 is 2.40 bits per heavy atom. The van der Waals surface area contributed by atoms with Gasteiger partial charge in [-0.15, -0.1) is 0 Å². The van der Waals surface area contributed by atoms with E-state index < -0.39 is 0 Å². The maximum Gasteiger partial charge on any atom is 0.324 e. The SMILES string of the molecule is CC(C)c1ccc(NC(=O)C2CCN(C(=O)N3CCOc4ccccc43)CC2)cc1. The Morgan fingerprint density at radius 1 is 1.00 bits per heavy atom. The van der Waals surface area contributed by atoms with Gasteiger partial charge in [0.25, 0.3) is 0 Å². The van der Waals surface area contributed by atoms with E-state index in [0.717, 1.165) is 17.1 Å². The number of anilines is 2. The molecule has 30 heavy (non-hydrogen) atoms. The van der Waals surface area contributed by atoms with E-state index in [-0.39, 0.29) is 17.9 Å². The first-order chi connectivity index (χ1) is 14.5. The Morgan fingerprint density at radius 2 is 1.70 bits per heavy atom. The number of rotatable bonds is 3. The second-order valence-corrected chi connectivity index (χ2v) is 8.28. The minimum absolute atomic E-state index is 0.00566. The summed E-state index contributed by atoms with van der Waals surface area (Å²) in [6, 6.07) is 15.7. The number of benzene rings is 2. The molecule has 0 aliphatic carbocycles. The van der Waals surface area contributed by atoms with Crippen LogP contribution in [0.3, 0.4) is 0 Å². The summed E-state index contributed by atoms with van der Waals surface area (Å²) in [5.41, 5.74) is 2.90. The first kappa shape index (κ1) is 20.3. The smallest absolute Gasteiger partial charge is 0.324 e. The molecule has 0 saturated carbocycles. The van der Waals surface area contributed by atoms with E-state index in [4.69, 9.17) is 4.74 Å². The van der Waals surface area contributed by atoms with Crippen molar-refractivity contribution in [1.82, 2.24) is 4.90 Å². The average Bonchev–Trinajstić information content (AvgIpc) is 2.78. The number of hydrogen-bond donors (Lipinski definition) is 1. The minimum atomic E-state index is -0.0733. The van der Waals surface area contributed by atoms with Crippen LogP contribution in [0.5, 0.6) is 5.75 Å². The molecule has 2 heterocycles. The van der Waals surface area contributed by atoms with Gasteiger partial charge in [-0.3, -0.25) is 9.69 Å². The van der Waals surface area contributed by atoms with Gasteiger partial charge in [0.1, 0.15) is 12.4 Å². The van der Waals surface area contributed by atoms with Gasteiger partial charge in [0.05, 0.1) is 12.2 Å². The van der Waals surface area contributed by atoms with Gasteiger partial charge in [-0.1, -0.05) is 38.1 Å². The second-order valence-electron chi connectivity index (χ2n) is 8.28. The van der Waals surface area contributed by atoms with E-state index in [9.17, 15) is 9.59 Å². The average molecular weight is 408 g/mol. The Labute approximate surface area is 177 Å². The Bertz CT molecular complexity index is 902. The van der Waals surface area contributed by atoms with Crippen LogP contribution in [-0.2, 0) is 4.79 Å². The standard InChI is InChI=1S/C24H29N3O3/c1-17(2)18-7-9-20(10-8-18)25-23(28)19-11-13-26(14-12-19)24(29)27-15-16-30-22-6-4-3-5-21(22)27/h3-10,17,19H,11-16H2,1-2H3,(H,25,28). The van der Waals surface area contributed by atoms with Crippen LogP contribution in [0.4, 0.5) is 16.2 Å². The van der Waals surface area contributed by atoms with Gasteiger partial charge in [0.2, 0.25) is 5.91 Å². The summed E-state index contributed by atoms with van der Waals surface area (Å²) in [5, 5.41) is 3.03. The molecule has 6 heteroatoms. The first-order valence-corrected chi connectivity index (χ1v) is 10.7. The number of piperidine rings is 1. The van der Waals surface area contributed by atoms with Gasteiger partial charge in [-0.25, -0.2) is 4.79 Å². The highest BCUT2D eigenvalue weighted by Gasteiger charge is 2.32. The zero-order chi connectivity index (χ0) is 21.1. The first-order valence-electron chi connectivity index (χ1n) is 10.7. The van der Waals surface area contributed by atoms with Crippen LogP contribution >= 0.6 is 0 Å². The third-order valence-corrected chi connectivity index (χ3v) is 5.94. The largest absolute Gasteiger partial charge is 0.490 e. The zero-order valence-electron chi connectivity index (χ0n) is 17.6. The lowest BCUT2D eigenvalue weighted by atomic mass is 9.95. The van der Waals surface area contributed by atoms with Crippen LogP contribution in [0.25, 0.3) is 0 Å². The lowest BCUT2D eigenvalue weighted by molar-refractivity contribution is -0.121. The van der Waals surface area contributed by atoms with Crippen LogP contribution in [0.2, 0.25) is 0 Å². The maximum absolute atomic E-state index is 13.1. The van der Waals surface area contributed by atoms with Crippen molar-refractivity contribution in [1.29, 1.82) is 0 Å². The molecule has 0 bridgehead atoms. The summed E-state index contributed by atoms with van der Waals surface area (Å²) in [5.74, 6) is 1.18. The molecule has 0 atom stereocenters. The molecule has 0 unspecified atom stereocenters. The van der Waals surface area contributed by atoms with Crippen LogP contribution in [0, 0.1) is 5.92 Å². The molecule has 1 N–H and O–H groups in total. The number of fused-ring (bicyclic) bond motifs is 1. The van der Waals surface area contributed by atoms with E-state index in [2.05, 4.69) is 31.3 Å². The van der Waals surface area contributed by atoms with Crippen molar-refractivity contribution in [2.24, 2.45) is 5.92 Å². The van der Waals surface area contributed by atoms with E-state index >= 15 is 0 Å². The normalized spacial score (nSPS) is 16.8. The van der Waals surface area contributed by atoms with Crippen molar-refractivity contribution in [3.8, 4) is 5.75 Å². The number of urea groups is 1. The molecule has 158 valence electrons. The predicted molar refractivity (Wildman–Crippen MR) is 118 cm³/mol. The van der Waals surface area contributed by atoms with Gasteiger partial charge in [0.15, 0.2) is 0 Å². The third-order valence-electron chi connectivity index (χ3n) is 5.94. The van der Waals surface area contributed by atoms with E-state index in [1.165, 1.54) is 5.56 Å². The molecule has 0 aromatic heterocycles. The molecular formula is C24H29N3O3. The van der Waals surface area contributed by atoms with E-state index in [1.54, 1.807) is 4.90 Å². The van der Waals surface area contributed by atoms with Gasteiger partial charge in [-0.05, 0) is 48.6 Å². The van der Waals surface area contributed by atoms with Gasteiger partial charge in [-0.2, -0.15) is 0 Å². The highest BCUT2D eigenvalue weighted by molar-refractivity contribution is 5.95. The highest BCUT2D eigenvalue weighted by Crippen LogP contribution is 2.32. The van der Waals surface area contributed by atoms with Gasteiger partial charge < -0.3 is 15.0 Å². The fourth-order valence-corrected chi connectivity index (χ4v) is 4.07. The fourth-order valence-electron chi connectivity index (χ4n) is 4.07. The minimum Gasteiger partial charge on any atom is -0.490 e. The molecule has 2 aromatic rings. The number of carbonyl (C=O) groups excluding carboxylic acids is 2. The Hall–Kier alpha value is -3.02. The number of likely N-dealkylation sites (tertiary alicyclic amines) is 1. The molecule has 0 radical (unpaired) electrons. The lowest BCUT2D eigenvalue weighted by Gasteiger charge is -2.37. The second kappa shape index (κ2) is 8.78. The highest BCUT2D eigenvalue weighted by atomic mass is 16.5. The van der Waals surface area contributed by atoms with Crippen molar-refractivity contribution in [2.75, 3.05) is 36.5 Å². The number of carbonyl (C=O) groups is 2. The van der Waals surface area contributed by atoms with E-state index in [1.807, 2.05) is 41.3 Å². The predicted octanol–water partition coefficient (Wildman–Crippen LogP) is 4.48. The summed E-state index contributed by atoms with van der Waals surface area (Å²) in [4.78, 5) is 29.4. The molecule has 2 aliphatic rings. The van der Waals surface area contributed by atoms with E-state index in [0.29, 0.717) is 45.0 Å². The summed E-state index contributed by atoms with van der Waals surface area (Å²) in [6.45, 7) is 6.52. The van der Waals surface area contributed by atoms with Gasteiger partial charge in [0, 0.05) is 24.7 Å². The molecule has 3 amide bonds. The lowest BCUT2D eigenvalue weighted by Crippen LogP contribution is -2.50. The summed E-state index contributed by atoms with van der Waals surface area (Å²) in [6.07, 6.45) is 1.35. The Balaban J connectivity index is 1.32. The number of ether oxygens (including phenoxy) is 1. The molecule has 0 spiro atoms. The van der Waals surface area contributed by atoms with Crippen molar-refractivity contribution < 1.29 is 14.3 Å². The molecular weight excluding hydrogens is 378 g/mol. The monoisotopic (exact) mass is 407 g/mol. The molecule has 1 saturated heterocycles. The van der Waals surface area contributed by atoms with Crippen LogP contribution in [-0.4, -0.2) is 43.1 Å². The summed E-state index contributed by atoms with van der Waals surface area (Å²) in [7, 11) is 0. The van der Waals surface area contributed by atoms with Crippen LogP contribution < -0.4 is 15.0 Å².